The van der Waals surface area contributed by atoms with E-state index in [1.165, 1.54) is 12.0 Å². The average molecular weight is 146 g/mol. The lowest BCUT2D eigenvalue weighted by molar-refractivity contribution is -0.113. The quantitative estimate of drug-likeness (QED) is 0.411. The van der Waals surface area contributed by atoms with Crippen molar-refractivity contribution in [3.05, 3.63) is 0 Å². The summed E-state index contributed by atoms with van der Waals surface area (Å²) in [5.74, 6) is 0.874. The zero-order valence-corrected chi connectivity index (χ0v) is 6.40. The van der Waals surface area contributed by atoms with Crippen LogP contribution >= 0.6 is 12.0 Å². The summed E-state index contributed by atoms with van der Waals surface area (Å²) in [6.07, 6.45) is 0.972. The Hall–Kier alpha value is -0.0200. The van der Waals surface area contributed by atoms with Crippen molar-refractivity contribution >= 4 is 18.3 Å². The van der Waals surface area contributed by atoms with Gasteiger partial charge in [-0.25, -0.2) is 0 Å². The second-order valence-electron chi connectivity index (χ2n) is 2.71. The van der Waals surface area contributed by atoms with Gasteiger partial charge in [0.25, 0.3) is 0 Å². The van der Waals surface area contributed by atoms with Crippen molar-refractivity contribution in [2.24, 2.45) is 5.92 Å². The molecule has 2 nitrogen and oxygen atoms in total. The molecule has 0 aromatic heterocycles. The van der Waals surface area contributed by atoms with E-state index in [0.717, 1.165) is 12.0 Å². The Morgan fingerprint density at radius 2 is 2.44 bits per heavy atom. The van der Waals surface area contributed by atoms with Gasteiger partial charge in [-0.05, 0) is 25.9 Å². The summed E-state index contributed by atoms with van der Waals surface area (Å²) in [5.41, 5.74) is -0.244. The van der Waals surface area contributed by atoms with Gasteiger partial charge in [0, 0.05) is 5.75 Å². The van der Waals surface area contributed by atoms with E-state index in [4.69, 9.17) is 4.18 Å². The summed E-state index contributed by atoms with van der Waals surface area (Å²) in [4.78, 5) is 10.3. The van der Waals surface area contributed by atoms with E-state index in [1.54, 1.807) is 0 Å². The third-order valence-electron chi connectivity index (χ3n) is 1.58. The fourth-order valence-electron chi connectivity index (χ4n) is 0.725. The van der Waals surface area contributed by atoms with Crippen LogP contribution in [0.15, 0.2) is 0 Å². The molecule has 1 saturated heterocycles. The fraction of sp³-hybridized carbons (Fsp3) is 0.833. The number of rotatable bonds is 1. The number of hydrogen-bond acceptors (Lipinski definition) is 3. The number of aldehydes is 1. The highest BCUT2D eigenvalue weighted by atomic mass is 32.2. The highest BCUT2D eigenvalue weighted by Gasteiger charge is 2.36. The Balaban J connectivity index is 2.62. The van der Waals surface area contributed by atoms with Gasteiger partial charge in [-0.15, -0.1) is 0 Å². The van der Waals surface area contributed by atoms with Gasteiger partial charge in [-0.1, -0.05) is 0 Å². The molecule has 0 radical (unpaired) electrons. The molecule has 52 valence electrons. The molecule has 1 atom stereocenters. The average Bonchev–Trinajstić information content (AvgIpc) is 2.08. The Kier molecular flexibility index (Phi) is 1.82. The summed E-state index contributed by atoms with van der Waals surface area (Å²) in [6, 6.07) is 0. The first-order valence-electron chi connectivity index (χ1n) is 2.93. The summed E-state index contributed by atoms with van der Waals surface area (Å²) < 4.78 is 5.23. The molecule has 0 N–H and O–H groups in total. The Bertz CT molecular complexity index is 122. The molecule has 0 aromatic carbocycles. The Morgan fingerprint density at radius 3 is 2.67 bits per heavy atom. The maximum absolute atomic E-state index is 10.3. The molecule has 1 heterocycles. The summed E-state index contributed by atoms with van der Waals surface area (Å²) in [5, 5.41) is 0. The Morgan fingerprint density at radius 1 is 1.78 bits per heavy atom. The minimum absolute atomic E-state index is 0.0718. The first-order chi connectivity index (χ1) is 4.17. The van der Waals surface area contributed by atoms with Crippen LogP contribution in [0.1, 0.15) is 13.8 Å². The molecular weight excluding hydrogens is 136 g/mol. The Labute approximate surface area is 59.2 Å². The van der Waals surface area contributed by atoms with Gasteiger partial charge in [0.1, 0.15) is 6.29 Å². The van der Waals surface area contributed by atoms with Crippen molar-refractivity contribution < 1.29 is 8.98 Å². The van der Waals surface area contributed by atoms with Crippen molar-refractivity contribution in [2.45, 2.75) is 19.4 Å². The highest BCUT2D eigenvalue weighted by Crippen LogP contribution is 2.35. The van der Waals surface area contributed by atoms with E-state index in [9.17, 15) is 4.79 Å². The second-order valence-corrected chi connectivity index (χ2v) is 3.45. The van der Waals surface area contributed by atoms with E-state index in [1.807, 2.05) is 13.8 Å². The molecule has 0 bridgehead atoms. The zero-order valence-electron chi connectivity index (χ0n) is 5.59. The minimum Gasteiger partial charge on any atom is -0.309 e. The van der Waals surface area contributed by atoms with Crippen LogP contribution in [-0.2, 0) is 8.98 Å². The molecule has 0 saturated carbocycles. The van der Waals surface area contributed by atoms with Gasteiger partial charge < -0.3 is 8.98 Å². The van der Waals surface area contributed by atoms with Crippen molar-refractivity contribution in [1.82, 2.24) is 0 Å². The summed E-state index contributed by atoms with van der Waals surface area (Å²) in [7, 11) is 0. The maximum atomic E-state index is 10.3. The second kappa shape index (κ2) is 2.31. The van der Waals surface area contributed by atoms with E-state index < -0.39 is 0 Å². The molecule has 9 heavy (non-hydrogen) atoms. The van der Waals surface area contributed by atoms with Gasteiger partial charge in [0.05, 0.1) is 11.5 Å². The molecule has 0 aromatic rings. The molecule has 3 heteroatoms. The fourth-order valence-corrected chi connectivity index (χ4v) is 1.85. The van der Waals surface area contributed by atoms with Crippen molar-refractivity contribution in [3.8, 4) is 0 Å². The SMILES string of the molecule is CC1(C)OSCC1C=O. The number of carbonyl (C=O) groups excluding carboxylic acids is 1. The van der Waals surface area contributed by atoms with Crippen LogP contribution in [0, 0.1) is 5.92 Å². The highest BCUT2D eigenvalue weighted by molar-refractivity contribution is 7.94. The molecule has 1 unspecified atom stereocenters. The third-order valence-corrected chi connectivity index (χ3v) is 2.62. The maximum Gasteiger partial charge on any atom is 0.126 e. The molecule has 0 amide bonds. The third kappa shape index (κ3) is 1.27. The number of carbonyl (C=O) groups is 1. The largest absolute Gasteiger partial charge is 0.309 e. The molecule has 0 aliphatic carbocycles. The summed E-state index contributed by atoms with van der Waals surface area (Å²) in [6.45, 7) is 3.87. The van der Waals surface area contributed by atoms with Gasteiger partial charge >= 0.3 is 0 Å². The first kappa shape index (κ1) is 7.09. The van der Waals surface area contributed by atoms with Crippen LogP contribution in [0.2, 0.25) is 0 Å². The molecule has 1 fully saturated rings. The zero-order chi connectivity index (χ0) is 6.91. The predicted octanol–water partition coefficient (Wildman–Crippen LogP) is 1.26. The van der Waals surface area contributed by atoms with E-state index in [2.05, 4.69) is 0 Å². The molecule has 1 aliphatic rings. The van der Waals surface area contributed by atoms with Gasteiger partial charge in [-0.3, -0.25) is 0 Å². The molecule has 0 spiro atoms. The molecule has 1 aliphatic heterocycles. The molecular formula is C6H10O2S. The smallest absolute Gasteiger partial charge is 0.126 e. The van der Waals surface area contributed by atoms with Crippen molar-refractivity contribution in [3.63, 3.8) is 0 Å². The van der Waals surface area contributed by atoms with Crippen LogP contribution in [0.5, 0.6) is 0 Å². The van der Waals surface area contributed by atoms with Gasteiger partial charge in [0.2, 0.25) is 0 Å². The van der Waals surface area contributed by atoms with E-state index in [0.29, 0.717) is 0 Å². The normalized spacial score (nSPS) is 32.4. The van der Waals surface area contributed by atoms with Crippen LogP contribution < -0.4 is 0 Å². The predicted molar refractivity (Wildman–Crippen MR) is 37.2 cm³/mol. The van der Waals surface area contributed by atoms with Gasteiger partial charge in [-0.2, -0.15) is 0 Å². The topological polar surface area (TPSA) is 26.3 Å². The van der Waals surface area contributed by atoms with Gasteiger partial charge in [0.15, 0.2) is 0 Å². The lowest BCUT2D eigenvalue weighted by Gasteiger charge is -2.18. The van der Waals surface area contributed by atoms with Crippen LogP contribution in [0.4, 0.5) is 0 Å². The lowest BCUT2D eigenvalue weighted by Crippen LogP contribution is -2.28. The minimum atomic E-state index is -0.244. The van der Waals surface area contributed by atoms with Crippen LogP contribution in [-0.4, -0.2) is 17.6 Å². The standard InChI is InChI=1S/C6H10O2S/c1-6(2)5(3-7)4-9-8-6/h3,5H,4H2,1-2H3. The number of hydrogen-bond donors (Lipinski definition) is 0. The lowest BCUT2D eigenvalue weighted by atomic mass is 9.95. The van der Waals surface area contributed by atoms with Crippen molar-refractivity contribution in [2.75, 3.05) is 5.75 Å². The van der Waals surface area contributed by atoms with Crippen LogP contribution in [0.25, 0.3) is 0 Å². The summed E-state index contributed by atoms with van der Waals surface area (Å²) >= 11 is 1.38. The molecule has 1 rings (SSSR count). The first-order valence-corrected chi connectivity index (χ1v) is 3.84. The van der Waals surface area contributed by atoms with E-state index in [-0.39, 0.29) is 11.5 Å². The van der Waals surface area contributed by atoms with E-state index >= 15 is 0 Å². The van der Waals surface area contributed by atoms with Crippen molar-refractivity contribution in [1.29, 1.82) is 0 Å². The monoisotopic (exact) mass is 146 g/mol. The van der Waals surface area contributed by atoms with Crippen LogP contribution in [0.3, 0.4) is 0 Å².